The molecule has 1 atom stereocenters. The second-order valence-corrected chi connectivity index (χ2v) is 6.87. The van der Waals surface area contributed by atoms with Crippen LogP contribution in [0.3, 0.4) is 0 Å². The van der Waals surface area contributed by atoms with Gasteiger partial charge in [0.05, 0.1) is 11.2 Å². The molecule has 0 aliphatic carbocycles. The topological polar surface area (TPSA) is 31.4 Å². The summed E-state index contributed by atoms with van der Waals surface area (Å²) < 4.78 is 12.1. The Kier molecular flexibility index (Phi) is 4.00. The largest absolute Gasteiger partial charge is 0.496 e. The molecule has 0 aromatic carbocycles. The molecule has 2 rings (SSSR count). The lowest BCUT2D eigenvalue weighted by atomic mass is 9.79. The highest BCUT2D eigenvalue weighted by Gasteiger charge is 2.51. The monoisotopic (exact) mass is 275 g/mol. The van der Waals surface area contributed by atoms with Crippen LogP contribution in [0, 0.1) is 6.92 Å². The van der Waals surface area contributed by atoms with Gasteiger partial charge in [0.25, 0.3) is 0 Å². The number of pyridine rings is 1. The first-order valence-corrected chi connectivity index (χ1v) is 7.50. The van der Waals surface area contributed by atoms with E-state index in [2.05, 4.69) is 59.5 Å². The third kappa shape index (κ3) is 2.64. The number of rotatable bonds is 3. The van der Waals surface area contributed by atoms with Gasteiger partial charge in [-0.2, -0.15) is 0 Å². The molecular formula is C16H26BNO2. The van der Waals surface area contributed by atoms with Crippen LogP contribution in [-0.2, 0) is 9.31 Å². The van der Waals surface area contributed by atoms with E-state index in [1.807, 2.05) is 6.20 Å². The highest BCUT2D eigenvalue weighted by Crippen LogP contribution is 2.36. The van der Waals surface area contributed by atoms with Gasteiger partial charge in [-0.1, -0.05) is 19.9 Å². The fourth-order valence-corrected chi connectivity index (χ4v) is 2.42. The van der Waals surface area contributed by atoms with Crippen LogP contribution in [0.2, 0.25) is 0 Å². The number of aromatic nitrogens is 1. The van der Waals surface area contributed by atoms with Gasteiger partial charge in [-0.15, -0.1) is 0 Å². The molecule has 110 valence electrons. The third-order valence-electron chi connectivity index (χ3n) is 4.74. The average Bonchev–Trinajstić information content (AvgIpc) is 2.57. The lowest BCUT2D eigenvalue weighted by Crippen LogP contribution is -2.41. The second kappa shape index (κ2) is 5.16. The summed E-state index contributed by atoms with van der Waals surface area (Å²) in [5.41, 5.74) is 2.79. The molecular weight excluding hydrogens is 249 g/mol. The number of aryl methyl sites for hydroxylation is 1. The maximum atomic E-state index is 6.07. The minimum atomic E-state index is -0.322. The van der Waals surface area contributed by atoms with Gasteiger partial charge in [0.2, 0.25) is 0 Å². The molecule has 0 saturated carbocycles. The van der Waals surface area contributed by atoms with Crippen LogP contribution >= 0.6 is 0 Å². The van der Waals surface area contributed by atoms with Gasteiger partial charge < -0.3 is 9.31 Å². The minimum absolute atomic E-state index is 0.305. The number of nitrogens with zero attached hydrogens (tertiary/aromatic N) is 1. The van der Waals surface area contributed by atoms with Crippen molar-refractivity contribution >= 4 is 12.6 Å². The van der Waals surface area contributed by atoms with Gasteiger partial charge in [0.1, 0.15) is 0 Å². The fourth-order valence-electron chi connectivity index (χ4n) is 2.42. The molecule has 1 aliphatic rings. The van der Waals surface area contributed by atoms with Gasteiger partial charge in [-0.3, -0.25) is 4.98 Å². The van der Waals surface area contributed by atoms with Gasteiger partial charge in [0, 0.05) is 17.4 Å². The van der Waals surface area contributed by atoms with Crippen molar-refractivity contribution in [2.24, 2.45) is 0 Å². The molecule has 3 nitrogen and oxygen atoms in total. The molecule has 1 aromatic heterocycles. The van der Waals surface area contributed by atoms with E-state index in [9.17, 15) is 0 Å². The van der Waals surface area contributed by atoms with Crippen LogP contribution in [0.4, 0.5) is 0 Å². The quantitative estimate of drug-likeness (QED) is 0.794. The molecule has 0 amide bonds. The zero-order valence-electron chi connectivity index (χ0n) is 13.8. The smallest absolute Gasteiger partial charge is 0.399 e. The summed E-state index contributed by atoms with van der Waals surface area (Å²) in [6.45, 7) is 14.8. The average molecular weight is 275 g/mol. The summed E-state index contributed by atoms with van der Waals surface area (Å²) in [5, 5.41) is 0. The molecule has 0 N–H and O–H groups in total. The third-order valence-corrected chi connectivity index (χ3v) is 4.74. The minimum Gasteiger partial charge on any atom is -0.399 e. The lowest BCUT2D eigenvalue weighted by Gasteiger charge is -2.32. The molecule has 1 fully saturated rings. The standard InChI is InChI=1S/C16H26BNO2/c1-8-11(2)14-12(3)9-13(10-18-14)17-19-15(4,5)16(6,7)20-17/h9-11H,8H2,1-7H3. The molecule has 4 heteroatoms. The first-order valence-electron chi connectivity index (χ1n) is 7.50. The first-order chi connectivity index (χ1) is 9.18. The van der Waals surface area contributed by atoms with Crippen molar-refractivity contribution in [3.8, 4) is 0 Å². The summed E-state index contributed by atoms with van der Waals surface area (Å²) in [6.07, 6.45) is 3.00. The zero-order chi connectivity index (χ0) is 15.1. The van der Waals surface area contributed by atoms with Crippen LogP contribution < -0.4 is 5.46 Å². The molecule has 0 radical (unpaired) electrons. The summed E-state index contributed by atoms with van der Waals surface area (Å²) in [5.74, 6) is 0.488. The molecule has 2 heterocycles. The van der Waals surface area contributed by atoms with Crippen LogP contribution in [0.15, 0.2) is 12.3 Å². The Balaban J connectivity index is 2.26. The van der Waals surface area contributed by atoms with Gasteiger partial charge in [-0.25, -0.2) is 0 Å². The number of hydrogen-bond acceptors (Lipinski definition) is 3. The van der Waals surface area contributed by atoms with Gasteiger partial charge in [0.15, 0.2) is 0 Å². The van der Waals surface area contributed by atoms with E-state index >= 15 is 0 Å². The lowest BCUT2D eigenvalue weighted by molar-refractivity contribution is 0.00578. The maximum absolute atomic E-state index is 6.07. The molecule has 0 spiro atoms. The fraction of sp³-hybridized carbons (Fsp3) is 0.688. The maximum Gasteiger partial charge on any atom is 0.496 e. The molecule has 1 saturated heterocycles. The van der Waals surface area contributed by atoms with E-state index in [1.54, 1.807) is 0 Å². The van der Waals surface area contributed by atoms with E-state index in [0.29, 0.717) is 5.92 Å². The summed E-state index contributed by atoms with van der Waals surface area (Å²) in [4.78, 5) is 4.63. The molecule has 1 aromatic rings. The van der Waals surface area contributed by atoms with E-state index in [0.717, 1.165) is 11.9 Å². The van der Waals surface area contributed by atoms with Crippen LogP contribution in [0.5, 0.6) is 0 Å². The Morgan fingerprint density at radius 1 is 1.20 bits per heavy atom. The Hall–Kier alpha value is -0.865. The summed E-state index contributed by atoms with van der Waals surface area (Å²) >= 11 is 0. The van der Waals surface area contributed by atoms with Crippen LogP contribution in [-0.4, -0.2) is 23.3 Å². The van der Waals surface area contributed by atoms with Crippen LogP contribution in [0.1, 0.15) is 65.1 Å². The zero-order valence-corrected chi connectivity index (χ0v) is 13.8. The van der Waals surface area contributed by atoms with E-state index < -0.39 is 0 Å². The van der Waals surface area contributed by atoms with E-state index in [1.165, 1.54) is 11.3 Å². The Labute approximate surface area is 123 Å². The Bertz CT molecular complexity index is 483. The Morgan fingerprint density at radius 3 is 2.20 bits per heavy atom. The van der Waals surface area contributed by atoms with E-state index in [4.69, 9.17) is 9.31 Å². The van der Waals surface area contributed by atoms with Crippen LogP contribution in [0.25, 0.3) is 0 Å². The molecule has 1 aliphatic heterocycles. The van der Waals surface area contributed by atoms with Crippen molar-refractivity contribution in [2.75, 3.05) is 0 Å². The Morgan fingerprint density at radius 2 is 1.75 bits per heavy atom. The van der Waals surface area contributed by atoms with Crippen molar-refractivity contribution in [3.05, 3.63) is 23.5 Å². The predicted molar refractivity (Wildman–Crippen MR) is 83.4 cm³/mol. The van der Waals surface area contributed by atoms with Crippen molar-refractivity contribution in [1.29, 1.82) is 0 Å². The van der Waals surface area contributed by atoms with Crippen molar-refractivity contribution < 1.29 is 9.31 Å². The highest BCUT2D eigenvalue weighted by atomic mass is 16.7. The molecule has 0 bridgehead atoms. The molecule has 1 unspecified atom stereocenters. The van der Waals surface area contributed by atoms with Crippen molar-refractivity contribution in [1.82, 2.24) is 4.98 Å². The number of hydrogen-bond donors (Lipinski definition) is 0. The second-order valence-electron chi connectivity index (χ2n) is 6.87. The van der Waals surface area contributed by atoms with Gasteiger partial charge >= 0.3 is 7.12 Å². The van der Waals surface area contributed by atoms with Crippen molar-refractivity contribution in [2.45, 2.75) is 72.0 Å². The van der Waals surface area contributed by atoms with Gasteiger partial charge in [-0.05, 0) is 52.5 Å². The van der Waals surface area contributed by atoms with Crippen molar-refractivity contribution in [3.63, 3.8) is 0 Å². The summed E-state index contributed by atoms with van der Waals surface area (Å²) in [7, 11) is -0.322. The SMILES string of the molecule is CCC(C)c1ncc(B2OC(C)(C)C(C)(C)O2)cc1C. The first kappa shape index (κ1) is 15.5. The highest BCUT2D eigenvalue weighted by molar-refractivity contribution is 6.62. The van der Waals surface area contributed by atoms with E-state index in [-0.39, 0.29) is 18.3 Å². The predicted octanol–water partition coefficient (Wildman–Crippen LogP) is 3.20. The summed E-state index contributed by atoms with van der Waals surface area (Å²) in [6, 6.07) is 2.15. The molecule has 20 heavy (non-hydrogen) atoms. The normalized spacial score (nSPS) is 22.1.